The summed E-state index contributed by atoms with van der Waals surface area (Å²) in [5, 5.41) is 20.6. The van der Waals surface area contributed by atoms with E-state index in [9.17, 15) is 10.2 Å². The Bertz CT molecular complexity index is 727. The maximum absolute atomic E-state index is 10.4. The minimum Gasteiger partial charge on any atom is -0.507 e. The topological polar surface area (TPSA) is 40.5 Å². The zero-order valence-corrected chi connectivity index (χ0v) is 14.5. The van der Waals surface area contributed by atoms with Gasteiger partial charge in [-0.1, -0.05) is 49.8 Å². The van der Waals surface area contributed by atoms with E-state index < -0.39 is 0 Å². The van der Waals surface area contributed by atoms with E-state index in [0.717, 1.165) is 52.6 Å². The van der Waals surface area contributed by atoms with Crippen LogP contribution in [0.25, 0.3) is 12.2 Å². The number of phenolic OH excluding ortho intramolecular Hbond substituents is 2. The average Bonchev–Trinajstić information content (AvgIpc) is 2.54. The van der Waals surface area contributed by atoms with E-state index in [-0.39, 0.29) is 0 Å². The Labute approximate surface area is 139 Å². The molecule has 2 aromatic rings. The van der Waals surface area contributed by atoms with Gasteiger partial charge in [-0.3, -0.25) is 0 Å². The predicted molar refractivity (Wildman–Crippen MR) is 98.0 cm³/mol. The van der Waals surface area contributed by atoms with Gasteiger partial charge in [0.1, 0.15) is 11.5 Å². The lowest BCUT2D eigenvalue weighted by Gasteiger charge is -2.11. The summed E-state index contributed by atoms with van der Waals surface area (Å²) in [6.45, 7) is 7.98. The van der Waals surface area contributed by atoms with Crippen LogP contribution in [0.5, 0.6) is 11.5 Å². The normalized spacial score (nSPS) is 11.3. The van der Waals surface area contributed by atoms with Crippen molar-refractivity contribution in [1.82, 2.24) is 0 Å². The maximum atomic E-state index is 10.4. The molecule has 0 atom stereocenters. The van der Waals surface area contributed by atoms with Crippen LogP contribution in [-0.2, 0) is 6.42 Å². The van der Waals surface area contributed by atoms with Crippen molar-refractivity contribution in [3.63, 3.8) is 0 Å². The van der Waals surface area contributed by atoms with Crippen molar-refractivity contribution in [1.29, 1.82) is 0 Å². The van der Waals surface area contributed by atoms with Crippen LogP contribution in [0.2, 0.25) is 0 Å². The van der Waals surface area contributed by atoms with Crippen LogP contribution in [0, 0.1) is 20.8 Å². The van der Waals surface area contributed by atoms with Crippen LogP contribution >= 0.6 is 0 Å². The number of benzene rings is 2. The summed E-state index contributed by atoms with van der Waals surface area (Å²) in [6.07, 6.45) is 6.90. The molecule has 0 fully saturated rings. The van der Waals surface area contributed by atoms with Crippen LogP contribution in [0.4, 0.5) is 0 Å². The molecular formula is C21H26O2. The molecule has 0 amide bonds. The Morgan fingerprint density at radius 1 is 0.826 bits per heavy atom. The zero-order chi connectivity index (χ0) is 17.0. The molecule has 0 radical (unpaired) electrons. The summed E-state index contributed by atoms with van der Waals surface area (Å²) >= 11 is 0. The first kappa shape index (κ1) is 17.1. The van der Waals surface area contributed by atoms with E-state index in [0.29, 0.717) is 11.5 Å². The number of aromatic hydroxyl groups is 2. The Hall–Kier alpha value is -2.22. The first-order valence-corrected chi connectivity index (χ1v) is 8.24. The van der Waals surface area contributed by atoms with Crippen molar-refractivity contribution in [2.75, 3.05) is 0 Å². The van der Waals surface area contributed by atoms with Crippen LogP contribution in [0.3, 0.4) is 0 Å². The van der Waals surface area contributed by atoms with Crippen LogP contribution in [-0.4, -0.2) is 10.2 Å². The van der Waals surface area contributed by atoms with Crippen LogP contribution in [0.15, 0.2) is 24.3 Å². The maximum Gasteiger partial charge on any atom is 0.125 e. The summed E-state index contributed by atoms with van der Waals surface area (Å²) in [4.78, 5) is 0. The van der Waals surface area contributed by atoms with Gasteiger partial charge in [-0.2, -0.15) is 0 Å². The molecule has 0 saturated heterocycles. The van der Waals surface area contributed by atoms with Crippen LogP contribution in [0.1, 0.15) is 53.1 Å². The van der Waals surface area contributed by atoms with Gasteiger partial charge in [-0.05, 0) is 55.9 Å². The molecule has 2 nitrogen and oxygen atoms in total. The van der Waals surface area contributed by atoms with Crippen molar-refractivity contribution in [2.24, 2.45) is 0 Å². The molecule has 2 aromatic carbocycles. The van der Waals surface area contributed by atoms with E-state index in [4.69, 9.17) is 0 Å². The van der Waals surface area contributed by atoms with Gasteiger partial charge in [0.15, 0.2) is 0 Å². The monoisotopic (exact) mass is 310 g/mol. The van der Waals surface area contributed by atoms with Crippen molar-refractivity contribution in [3.8, 4) is 11.5 Å². The fourth-order valence-electron chi connectivity index (χ4n) is 2.68. The van der Waals surface area contributed by atoms with E-state index in [2.05, 4.69) is 6.92 Å². The van der Waals surface area contributed by atoms with Gasteiger partial charge >= 0.3 is 0 Å². The second-order valence-corrected chi connectivity index (χ2v) is 6.18. The Morgan fingerprint density at radius 3 is 2.13 bits per heavy atom. The molecule has 0 unspecified atom stereocenters. The van der Waals surface area contributed by atoms with Crippen molar-refractivity contribution in [2.45, 2.75) is 47.0 Å². The quantitative estimate of drug-likeness (QED) is 0.712. The van der Waals surface area contributed by atoms with E-state index in [1.807, 2.05) is 57.2 Å². The molecule has 0 spiro atoms. The molecule has 0 heterocycles. The Kier molecular flexibility index (Phi) is 5.49. The van der Waals surface area contributed by atoms with E-state index >= 15 is 0 Å². The van der Waals surface area contributed by atoms with Crippen molar-refractivity contribution >= 4 is 12.2 Å². The number of rotatable bonds is 5. The number of unbranched alkanes of at least 4 members (excludes halogenated alkanes) is 1. The Balaban J connectivity index is 2.40. The molecule has 0 saturated carbocycles. The van der Waals surface area contributed by atoms with Gasteiger partial charge in [0.25, 0.3) is 0 Å². The highest BCUT2D eigenvalue weighted by molar-refractivity contribution is 5.75. The lowest BCUT2D eigenvalue weighted by Crippen LogP contribution is -1.93. The van der Waals surface area contributed by atoms with Gasteiger partial charge < -0.3 is 10.2 Å². The van der Waals surface area contributed by atoms with Gasteiger partial charge in [0.2, 0.25) is 0 Å². The lowest BCUT2D eigenvalue weighted by atomic mass is 9.96. The molecule has 2 heteroatoms. The van der Waals surface area contributed by atoms with E-state index in [1.165, 1.54) is 0 Å². The predicted octanol–water partition coefficient (Wildman–Crippen LogP) is 5.54. The average molecular weight is 310 g/mol. The summed E-state index contributed by atoms with van der Waals surface area (Å²) < 4.78 is 0. The third-order valence-electron chi connectivity index (χ3n) is 4.48. The third kappa shape index (κ3) is 3.76. The molecule has 122 valence electrons. The molecule has 23 heavy (non-hydrogen) atoms. The highest BCUT2D eigenvalue weighted by atomic mass is 16.3. The molecule has 0 aliphatic heterocycles. The minimum absolute atomic E-state index is 0.327. The second-order valence-electron chi connectivity index (χ2n) is 6.18. The molecule has 0 aliphatic rings. The van der Waals surface area contributed by atoms with Gasteiger partial charge in [0.05, 0.1) is 0 Å². The molecule has 2 rings (SSSR count). The Morgan fingerprint density at radius 2 is 1.43 bits per heavy atom. The summed E-state index contributed by atoms with van der Waals surface area (Å²) in [6, 6.07) is 7.91. The first-order valence-electron chi connectivity index (χ1n) is 8.24. The third-order valence-corrected chi connectivity index (χ3v) is 4.48. The summed E-state index contributed by atoms with van der Waals surface area (Å²) in [5.41, 5.74) is 5.70. The molecule has 0 aromatic heterocycles. The fraction of sp³-hybridized carbons (Fsp3) is 0.333. The number of hydrogen-bond acceptors (Lipinski definition) is 2. The van der Waals surface area contributed by atoms with Gasteiger partial charge in [-0.15, -0.1) is 0 Å². The van der Waals surface area contributed by atoms with E-state index in [1.54, 1.807) is 0 Å². The summed E-state index contributed by atoms with van der Waals surface area (Å²) in [7, 11) is 0. The lowest BCUT2D eigenvalue weighted by molar-refractivity contribution is 0.462. The van der Waals surface area contributed by atoms with Crippen molar-refractivity contribution in [3.05, 3.63) is 57.6 Å². The molecule has 2 N–H and O–H groups in total. The van der Waals surface area contributed by atoms with Crippen LogP contribution < -0.4 is 0 Å². The number of aryl methyl sites for hydroxylation is 2. The molecule has 0 aliphatic carbocycles. The smallest absolute Gasteiger partial charge is 0.125 e. The van der Waals surface area contributed by atoms with Gasteiger partial charge in [-0.25, -0.2) is 0 Å². The molecule has 0 bridgehead atoms. The molecular weight excluding hydrogens is 284 g/mol. The second kappa shape index (κ2) is 7.36. The van der Waals surface area contributed by atoms with Gasteiger partial charge in [0, 0.05) is 11.1 Å². The largest absolute Gasteiger partial charge is 0.507 e. The zero-order valence-electron chi connectivity index (χ0n) is 14.5. The number of phenols is 2. The minimum atomic E-state index is 0.327. The SMILES string of the molecule is CCCCc1c(/C=C/c2ccc(C)c(C)c2O)ccc(C)c1O. The standard InChI is InChI=1S/C21H26O2/c1-5-6-7-19-17(10-9-15(3)20(19)22)12-13-18-11-8-14(2)16(4)21(18)23/h8-13,22-23H,5-7H2,1-4H3/b13-12+. The fourth-order valence-corrected chi connectivity index (χ4v) is 2.68. The first-order chi connectivity index (χ1) is 11.0. The highest BCUT2D eigenvalue weighted by Gasteiger charge is 2.09. The highest BCUT2D eigenvalue weighted by Crippen LogP contribution is 2.30. The summed E-state index contributed by atoms with van der Waals surface area (Å²) in [5.74, 6) is 0.720. The number of hydrogen-bond donors (Lipinski definition) is 2. The van der Waals surface area contributed by atoms with Crippen molar-refractivity contribution < 1.29 is 10.2 Å².